The average molecular weight is 409 g/mol. The van der Waals surface area contributed by atoms with Crippen LogP contribution in [0.25, 0.3) is 11.0 Å². The molecule has 4 rings (SSSR count). The van der Waals surface area contributed by atoms with Crippen LogP contribution in [0.3, 0.4) is 0 Å². The zero-order chi connectivity index (χ0) is 20.9. The minimum Gasteiger partial charge on any atom is -0.339 e. The number of benzene rings is 2. The lowest BCUT2D eigenvalue weighted by atomic mass is 10.1. The summed E-state index contributed by atoms with van der Waals surface area (Å²) in [5.74, 6) is -0.349. The molecular weight excluding hydrogens is 385 g/mol. The molecule has 156 valence electrons. The molecule has 0 unspecified atom stereocenters. The largest absolute Gasteiger partial charge is 0.339 e. The smallest absolute Gasteiger partial charge is 0.319 e. The monoisotopic (exact) mass is 409 g/mol. The number of hydrogen-bond donors (Lipinski definition) is 2. The summed E-state index contributed by atoms with van der Waals surface area (Å²) in [7, 11) is 0. The summed E-state index contributed by atoms with van der Waals surface area (Å²) < 4.78 is 15.1. The van der Waals surface area contributed by atoms with Crippen LogP contribution < -0.4 is 10.6 Å². The number of anilines is 1. The van der Waals surface area contributed by atoms with E-state index in [-0.39, 0.29) is 5.91 Å². The number of nitrogens with one attached hydrogen (secondary N) is 2. The molecule has 1 fully saturated rings. The Morgan fingerprint density at radius 2 is 1.90 bits per heavy atom. The van der Waals surface area contributed by atoms with Crippen molar-refractivity contribution >= 4 is 28.7 Å². The number of halogens is 1. The number of fused-ring (bicyclic) bond motifs is 1. The van der Waals surface area contributed by atoms with E-state index in [0.29, 0.717) is 24.3 Å². The maximum absolute atomic E-state index is 13.2. The lowest BCUT2D eigenvalue weighted by Crippen LogP contribution is -2.35. The molecule has 7 nitrogen and oxygen atoms in total. The molecule has 1 saturated heterocycles. The maximum Gasteiger partial charge on any atom is 0.319 e. The van der Waals surface area contributed by atoms with Crippen LogP contribution in [0.2, 0.25) is 0 Å². The summed E-state index contributed by atoms with van der Waals surface area (Å²) in [6.07, 6.45) is 5.00. The van der Waals surface area contributed by atoms with Crippen molar-refractivity contribution in [2.24, 2.45) is 0 Å². The Kier molecular flexibility index (Phi) is 5.92. The van der Waals surface area contributed by atoms with Crippen LogP contribution in [0.1, 0.15) is 29.6 Å². The van der Waals surface area contributed by atoms with Crippen molar-refractivity contribution in [1.29, 1.82) is 0 Å². The van der Waals surface area contributed by atoms with Crippen molar-refractivity contribution in [3.05, 3.63) is 60.2 Å². The highest BCUT2D eigenvalue weighted by atomic mass is 19.1. The molecular formula is C22H24FN5O2. The Balaban J connectivity index is 1.34. The molecule has 1 aromatic heterocycles. The Bertz CT molecular complexity index is 1060. The second-order valence-electron chi connectivity index (χ2n) is 7.39. The third-order valence-electron chi connectivity index (χ3n) is 5.23. The molecule has 0 saturated carbocycles. The Hall–Kier alpha value is -3.42. The molecule has 0 aliphatic carbocycles. The fraction of sp³-hybridized carbons (Fsp3) is 0.318. The van der Waals surface area contributed by atoms with Gasteiger partial charge in [-0.05, 0) is 55.7 Å². The number of nitrogens with zero attached hydrogens (tertiary/aromatic N) is 3. The third kappa shape index (κ3) is 4.59. The SMILES string of the molecule is O=C(NCCn1cnc2cc(C(=O)N3CCCCC3)ccc21)Nc1cccc(F)c1. The van der Waals surface area contributed by atoms with Crippen LogP contribution in [-0.4, -0.2) is 46.0 Å². The van der Waals surface area contributed by atoms with Crippen LogP contribution in [0.15, 0.2) is 48.8 Å². The number of piperidine rings is 1. The van der Waals surface area contributed by atoms with E-state index in [4.69, 9.17) is 0 Å². The Morgan fingerprint density at radius 1 is 1.07 bits per heavy atom. The summed E-state index contributed by atoms with van der Waals surface area (Å²) in [6, 6.07) is 10.9. The number of likely N-dealkylation sites (tertiary alicyclic amines) is 1. The molecule has 0 atom stereocenters. The first-order valence-corrected chi connectivity index (χ1v) is 10.1. The first-order chi connectivity index (χ1) is 14.6. The van der Waals surface area contributed by atoms with Gasteiger partial charge in [0, 0.05) is 37.4 Å². The second kappa shape index (κ2) is 8.94. The highest BCUT2D eigenvalue weighted by Crippen LogP contribution is 2.18. The summed E-state index contributed by atoms with van der Waals surface area (Å²) in [5.41, 5.74) is 2.70. The van der Waals surface area contributed by atoms with Gasteiger partial charge in [0.1, 0.15) is 5.82 Å². The van der Waals surface area contributed by atoms with E-state index in [1.54, 1.807) is 12.4 Å². The second-order valence-corrected chi connectivity index (χ2v) is 7.39. The van der Waals surface area contributed by atoms with Crippen molar-refractivity contribution in [3.8, 4) is 0 Å². The molecule has 0 bridgehead atoms. The highest BCUT2D eigenvalue weighted by molar-refractivity contribution is 5.97. The van der Waals surface area contributed by atoms with Crippen molar-refractivity contribution in [1.82, 2.24) is 19.8 Å². The fourth-order valence-corrected chi connectivity index (χ4v) is 3.69. The minimum atomic E-state index is -0.407. The Morgan fingerprint density at radius 3 is 2.70 bits per heavy atom. The normalized spacial score (nSPS) is 14.0. The molecule has 1 aliphatic rings. The van der Waals surface area contributed by atoms with E-state index < -0.39 is 11.8 Å². The summed E-state index contributed by atoms with van der Waals surface area (Å²) in [4.78, 5) is 31.0. The number of aromatic nitrogens is 2. The number of urea groups is 1. The standard InChI is InChI=1S/C22H24FN5O2/c23-17-5-4-6-18(14-17)26-22(30)24-9-12-28-15-25-19-13-16(7-8-20(19)28)21(29)27-10-2-1-3-11-27/h4-8,13-15H,1-3,9-12H2,(H2,24,26,30). The topological polar surface area (TPSA) is 79.3 Å². The summed E-state index contributed by atoms with van der Waals surface area (Å²) >= 11 is 0. The van der Waals surface area contributed by atoms with Gasteiger partial charge in [-0.15, -0.1) is 0 Å². The minimum absolute atomic E-state index is 0.0573. The van der Waals surface area contributed by atoms with Crippen LogP contribution in [-0.2, 0) is 6.54 Å². The number of rotatable bonds is 5. The molecule has 3 aromatic rings. The molecule has 0 radical (unpaired) electrons. The molecule has 8 heteroatoms. The van der Waals surface area contributed by atoms with Crippen LogP contribution in [0, 0.1) is 5.82 Å². The van der Waals surface area contributed by atoms with E-state index in [1.165, 1.54) is 24.6 Å². The molecule has 2 N–H and O–H groups in total. The van der Waals surface area contributed by atoms with E-state index in [2.05, 4.69) is 15.6 Å². The van der Waals surface area contributed by atoms with Gasteiger partial charge in [0.15, 0.2) is 0 Å². The van der Waals surface area contributed by atoms with Crippen LogP contribution >= 0.6 is 0 Å². The van der Waals surface area contributed by atoms with Gasteiger partial charge >= 0.3 is 6.03 Å². The number of amides is 3. The quantitative estimate of drug-likeness (QED) is 0.676. The Labute approximate surface area is 173 Å². The van der Waals surface area contributed by atoms with Crippen molar-refractivity contribution < 1.29 is 14.0 Å². The molecule has 2 heterocycles. The first-order valence-electron chi connectivity index (χ1n) is 10.1. The van der Waals surface area contributed by atoms with Gasteiger partial charge in [0.05, 0.1) is 17.4 Å². The number of hydrogen-bond acceptors (Lipinski definition) is 3. The summed E-state index contributed by atoms with van der Waals surface area (Å²) in [6.45, 7) is 2.52. The molecule has 2 aromatic carbocycles. The zero-order valence-corrected chi connectivity index (χ0v) is 16.6. The van der Waals surface area contributed by atoms with Gasteiger partial charge in [-0.1, -0.05) is 6.07 Å². The van der Waals surface area contributed by atoms with E-state index in [9.17, 15) is 14.0 Å². The first kappa shape index (κ1) is 19.9. The molecule has 30 heavy (non-hydrogen) atoms. The van der Waals surface area contributed by atoms with Crippen LogP contribution in [0.4, 0.5) is 14.9 Å². The number of imidazole rings is 1. The van der Waals surface area contributed by atoms with Crippen molar-refractivity contribution in [2.75, 3.05) is 25.0 Å². The number of carbonyl (C=O) groups is 2. The van der Waals surface area contributed by atoms with Crippen molar-refractivity contribution in [2.45, 2.75) is 25.8 Å². The molecule has 0 spiro atoms. The van der Waals surface area contributed by atoms with E-state index in [1.807, 2.05) is 27.7 Å². The van der Waals surface area contributed by atoms with E-state index >= 15 is 0 Å². The fourth-order valence-electron chi connectivity index (χ4n) is 3.69. The van der Waals surface area contributed by atoms with Gasteiger partial charge in [0.25, 0.3) is 5.91 Å². The molecule has 3 amide bonds. The van der Waals surface area contributed by atoms with Crippen LogP contribution in [0.5, 0.6) is 0 Å². The van der Waals surface area contributed by atoms with Gasteiger partial charge in [-0.25, -0.2) is 14.2 Å². The molecule has 1 aliphatic heterocycles. The lowest BCUT2D eigenvalue weighted by Gasteiger charge is -2.26. The third-order valence-corrected chi connectivity index (χ3v) is 5.23. The average Bonchev–Trinajstić information content (AvgIpc) is 3.16. The lowest BCUT2D eigenvalue weighted by molar-refractivity contribution is 0.0724. The zero-order valence-electron chi connectivity index (χ0n) is 16.6. The predicted molar refractivity (Wildman–Crippen MR) is 113 cm³/mol. The van der Waals surface area contributed by atoms with Gasteiger partial charge in [-0.2, -0.15) is 0 Å². The predicted octanol–water partition coefficient (Wildman–Crippen LogP) is 3.62. The highest BCUT2D eigenvalue weighted by Gasteiger charge is 2.19. The van der Waals surface area contributed by atoms with E-state index in [0.717, 1.165) is 37.0 Å². The van der Waals surface area contributed by atoms with Crippen molar-refractivity contribution in [3.63, 3.8) is 0 Å². The van der Waals surface area contributed by atoms with Gasteiger partial charge in [0.2, 0.25) is 0 Å². The van der Waals surface area contributed by atoms with Gasteiger partial charge < -0.3 is 20.1 Å². The number of carbonyl (C=O) groups excluding carboxylic acids is 2. The maximum atomic E-state index is 13.2. The summed E-state index contributed by atoms with van der Waals surface area (Å²) in [5, 5.41) is 5.34. The van der Waals surface area contributed by atoms with Gasteiger partial charge in [-0.3, -0.25) is 4.79 Å².